The molecule has 108 valence electrons. The highest BCUT2D eigenvalue weighted by molar-refractivity contribution is 5.81. The average Bonchev–Trinajstić information content (AvgIpc) is 2.49. The molecule has 2 saturated heterocycles. The molecule has 2 aliphatic heterocycles. The molecule has 2 rings (SSSR count). The van der Waals surface area contributed by atoms with Crippen LogP contribution in [0.25, 0.3) is 0 Å². The van der Waals surface area contributed by atoms with Crippen LogP contribution in [0.15, 0.2) is 0 Å². The van der Waals surface area contributed by atoms with Crippen molar-refractivity contribution in [3.63, 3.8) is 0 Å². The van der Waals surface area contributed by atoms with Crippen molar-refractivity contribution in [2.75, 3.05) is 26.2 Å². The molecule has 2 amide bonds. The molecule has 0 bridgehead atoms. The van der Waals surface area contributed by atoms with E-state index in [9.17, 15) is 9.59 Å². The van der Waals surface area contributed by atoms with Crippen molar-refractivity contribution in [1.82, 2.24) is 15.5 Å². The Morgan fingerprint density at radius 1 is 1.37 bits per heavy atom. The normalized spacial score (nSPS) is 28.2. The van der Waals surface area contributed by atoms with Gasteiger partial charge in [0.15, 0.2) is 0 Å². The lowest BCUT2D eigenvalue weighted by Crippen LogP contribution is -2.54. The first kappa shape index (κ1) is 14.1. The van der Waals surface area contributed by atoms with Crippen LogP contribution in [0, 0.1) is 5.92 Å². The van der Waals surface area contributed by atoms with Gasteiger partial charge in [0.2, 0.25) is 5.91 Å². The summed E-state index contributed by atoms with van der Waals surface area (Å²) >= 11 is 0. The lowest BCUT2D eigenvalue weighted by atomic mass is 9.92. The molecule has 19 heavy (non-hydrogen) atoms. The van der Waals surface area contributed by atoms with Crippen molar-refractivity contribution in [3.8, 4) is 0 Å². The maximum absolute atomic E-state index is 12.0. The Hall–Kier alpha value is -1.30. The number of fused-ring (bicyclic) bond motifs is 1. The molecule has 2 fully saturated rings. The zero-order valence-corrected chi connectivity index (χ0v) is 11.9. The van der Waals surface area contributed by atoms with Gasteiger partial charge in [-0.3, -0.25) is 4.79 Å². The molecule has 6 heteroatoms. The molecule has 2 aliphatic rings. The van der Waals surface area contributed by atoms with Gasteiger partial charge in [-0.25, -0.2) is 4.79 Å². The second-order valence-corrected chi connectivity index (χ2v) is 6.17. The fourth-order valence-corrected chi connectivity index (χ4v) is 2.53. The summed E-state index contributed by atoms with van der Waals surface area (Å²) in [6.07, 6.45) is 0.458. The number of amides is 2. The standard InChI is InChI=1S/C13H23N3O3/c1-13(2,3)19-12(18)16-7-4-10-9(8-16)11(17)15-6-5-14-10/h9-10,14H,4-8H2,1-3H3,(H,15,17). The summed E-state index contributed by atoms with van der Waals surface area (Å²) in [6.45, 7) is 8.04. The van der Waals surface area contributed by atoms with Gasteiger partial charge in [-0.1, -0.05) is 0 Å². The van der Waals surface area contributed by atoms with Crippen molar-refractivity contribution in [3.05, 3.63) is 0 Å². The smallest absolute Gasteiger partial charge is 0.410 e. The zero-order chi connectivity index (χ0) is 14.0. The number of rotatable bonds is 0. The van der Waals surface area contributed by atoms with E-state index in [4.69, 9.17) is 4.74 Å². The minimum Gasteiger partial charge on any atom is -0.444 e. The average molecular weight is 269 g/mol. The summed E-state index contributed by atoms with van der Waals surface area (Å²) < 4.78 is 5.36. The third-order valence-corrected chi connectivity index (χ3v) is 3.43. The maximum atomic E-state index is 12.0. The van der Waals surface area contributed by atoms with Gasteiger partial charge >= 0.3 is 6.09 Å². The number of piperidine rings is 1. The first-order chi connectivity index (χ1) is 8.87. The van der Waals surface area contributed by atoms with Crippen LogP contribution in [-0.2, 0) is 9.53 Å². The lowest BCUT2D eigenvalue weighted by molar-refractivity contribution is -0.126. The molecule has 2 atom stereocenters. The molecule has 0 aromatic heterocycles. The zero-order valence-electron chi connectivity index (χ0n) is 11.9. The van der Waals surface area contributed by atoms with Crippen molar-refractivity contribution in [1.29, 1.82) is 0 Å². The molecule has 0 aromatic carbocycles. The fraction of sp³-hybridized carbons (Fsp3) is 0.846. The Morgan fingerprint density at radius 2 is 2.11 bits per heavy atom. The van der Waals surface area contributed by atoms with Crippen LogP contribution in [-0.4, -0.2) is 54.7 Å². The van der Waals surface area contributed by atoms with Crippen molar-refractivity contribution < 1.29 is 14.3 Å². The van der Waals surface area contributed by atoms with Gasteiger partial charge < -0.3 is 20.3 Å². The van der Waals surface area contributed by atoms with Crippen LogP contribution in [0.5, 0.6) is 0 Å². The Balaban J connectivity index is 1.99. The van der Waals surface area contributed by atoms with Gasteiger partial charge in [-0.2, -0.15) is 0 Å². The SMILES string of the molecule is CC(C)(C)OC(=O)N1CCC2NCCNC(=O)C2C1. The van der Waals surface area contributed by atoms with Crippen LogP contribution in [0.2, 0.25) is 0 Å². The quantitative estimate of drug-likeness (QED) is 0.665. The molecule has 2 N–H and O–H groups in total. The van der Waals surface area contributed by atoms with E-state index in [0.717, 1.165) is 13.0 Å². The fourth-order valence-electron chi connectivity index (χ4n) is 2.53. The Kier molecular flexibility index (Phi) is 3.99. The minimum absolute atomic E-state index is 0.0308. The first-order valence-electron chi connectivity index (χ1n) is 6.86. The number of ether oxygens (including phenoxy) is 1. The van der Waals surface area contributed by atoms with Crippen LogP contribution in [0.1, 0.15) is 27.2 Å². The van der Waals surface area contributed by atoms with E-state index in [1.54, 1.807) is 4.90 Å². The molecule has 0 spiro atoms. The van der Waals surface area contributed by atoms with Crippen molar-refractivity contribution >= 4 is 12.0 Å². The van der Waals surface area contributed by atoms with Crippen LogP contribution in [0.4, 0.5) is 4.79 Å². The van der Waals surface area contributed by atoms with E-state index in [1.165, 1.54) is 0 Å². The predicted octanol–water partition coefficient (Wildman–Crippen LogP) is 0.331. The van der Waals surface area contributed by atoms with E-state index in [1.807, 2.05) is 20.8 Å². The molecule has 0 saturated carbocycles. The number of hydrogen-bond donors (Lipinski definition) is 2. The summed E-state index contributed by atoms with van der Waals surface area (Å²) in [4.78, 5) is 25.6. The monoisotopic (exact) mass is 269 g/mol. The molecule has 0 aromatic rings. The van der Waals surface area contributed by atoms with Gasteiger partial charge in [-0.15, -0.1) is 0 Å². The van der Waals surface area contributed by atoms with Crippen molar-refractivity contribution in [2.24, 2.45) is 5.92 Å². The van der Waals surface area contributed by atoms with Gasteiger partial charge in [0.25, 0.3) is 0 Å². The topological polar surface area (TPSA) is 70.7 Å². The minimum atomic E-state index is -0.502. The molecule has 0 aliphatic carbocycles. The van der Waals surface area contributed by atoms with Crippen LogP contribution < -0.4 is 10.6 Å². The lowest BCUT2D eigenvalue weighted by Gasteiger charge is -2.37. The highest BCUT2D eigenvalue weighted by Gasteiger charge is 2.38. The molecular formula is C13H23N3O3. The number of nitrogens with zero attached hydrogens (tertiary/aromatic N) is 1. The first-order valence-corrected chi connectivity index (χ1v) is 6.86. The Bertz CT molecular complexity index is 365. The van der Waals surface area contributed by atoms with E-state index in [2.05, 4.69) is 10.6 Å². The highest BCUT2D eigenvalue weighted by atomic mass is 16.6. The Labute approximate surface area is 113 Å². The van der Waals surface area contributed by atoms with Gasteiger partial charge in [0.05, 0.1) is 5.92 Å². The third-order valence-electron chi connectivity index (χ3n) is 3.43. The number of carbonyl (C=O) groups is 2. The van der Waals surface area contributed by atoms with Gasteiger partial charge in [0.1, 0.15) is 5.60 Å². The summed E-state index contributed by atoms with van der Waals surface area (Å²) in [5, 5.41) is 6.23. The second-order valence-electron chi connectivity index (χ2n) is 6.17. The van der Waals surface area contributed by atoms with E-state index < -0.39 is 5.60 Å². The summed E-state index contributed by atoms with van der Waals surface area (Å²) in [6, 6.07) is 0.168. The molecule has 2 unspecified atom stereocenters. The summed E-state index contributed by atoms with van der Waals surface area (Å²) in [7, 11) is 0. The second kappa shape index (κ2) is 5.36. The predicted molar refractivity (Wildman–Crippen MR) is 70.7 cm³/mol. The number of likely N-dealkylation sites (tertiary alicyclic amines) is 1. The van der Waals surface area contributed by atoms with Crippen LogP contribution in [0.3, 0.4) is 0 Å². The summed E-state index contributed by atoms with van der Waals surface area (Å²) in [5.74, 6) is -0.146. The molecular weight excluding hydrogens is 246 g/mol. The highest BCUT2D eigenvalue weighted by Crippen LogP contribution is 2.21. The molecule has 0 radical (unpaired) electrons. The summed E-state index contributed by atoms with van der Waals surface area (Å²) in [5.41, 5.74) is -0.502. The number of hydrogen-bond acceptors (Lipinski definition) is 4. The largest absolute Gasteiger partial charge is 0.444 e. The van der Waals surface area contributed by atoms with Gasteiger partial charge in [-0.05, 0) is 27.2 Å². The van der Waals surface area contributed by atoms with Crippen LogP contribution >= 0.6 is 0 Å². The molecule has 2 heterocycles. The number of carbonyl (C=O) groups excluding carboxylic acids is 2. The third kappa shape index (κ3) is 3.59. The Morgan fingerprint density at radius 3 is 2.79 bits per heavy atom. The van der Waals surface area contributed by atoms with Gasteiger partial charge in [0, 0.05) is 32.2 Å². The number of nitrogens with one attached hydrogen (secondary N) is 2. The molecule has 6 nitrogen and oxygen atoms in total. The van der Waals surface area contributed by atoms with Crippen molar-refractivity contribution in [2.45, 2.75) is 38.8 Å². The van der Waals surface area contributed by atoms with E-state index in [0.29, 0.717) is 19.6 Å². The maximum Gasteiger partial charge on any atom is 0.410 e. The van der Waals surface area contributed by atoms with E-state index >= 15 is 0 Å². The van der Waals surface area contributed by atoms with E-state index in [-0.39, 0.29) is 24.0 Å².